The van der Waals surface area contributed by atoms with E-state index in [-0.39, 0.29) is 11.3 Å². The summed E-state index contributed by atoms with van der Waals surface area (Å²) in [7, 11) is -3.36. The SMILES string of the molecule is CS(=O)(=O)[CH]c1ccccc1[N+](=O)[O-]. The Balaban J connectivity index is 3.15. The first-order valence-corrected chi connectivity index (χ1v) is 5.64. The maximum absolute atomic E-state index is 10.9. The molecule has 0 bridgehead atoms. The van der Waals surface area contributed by atoms with Crippen LogP contribution in [-0.4, -0.2) is 19.6 Å². The van der Waals surface area contributed by atoms with Gasteiger partial charge in [-0.05, 0) is 0 Å². The zero-order valence-corrected chi connectivity index (χ0v) is 8.19. The molecular formula is C8H8NO4S. The molecule has 1 rings (SSSR count). The third-order valence-corrected chi connectivity index (χ3v) is 2.16. The Bertz CT molecular complexity index is 452. The van der Waals surface area contributed by atoms with Gasteiger partial charge < -0.3 is 0 Å². The van der Waals surface area contributed by atoms with Gasteiger partial charge in [0.15, 0.2) is 9.84 Å². The highest BCUT2D eigenvalue weighted by Gasteiger charge is 2.16. The summed E-state index contributed by atoms with van der Waals surface area (Å²) in [4.78, 5) is 9.88. The van der Waals surface area contributed by atoms with E-state index in [9.17, 15) is 18.5 Å². The molecule has 6 heteroatoms. The van der Waals surface area contributed by atoms with Crippen molar-refractivity contribution in [2.45, 2.75) is 0 Å². The van der Waals surface area contributed by atoms with Crippen molar-refractivity contribution in [3.05, 3.63) is 45.7 Å². The number of nitrogens with zero attached hydrogens (tertiary/aromatic N) is 1. The lowest BCUT2D eigenvalue weighted by Crippen LogP contribution is -2.01. The van der Waals surface area contributed by atoms with E-state index in [2.05, 4.69) is 0 Å². The molecule has 0 aliphatic carbocycles. The highest BCUT2D eigenvalue weighted by molar-refractivity contribution is 7.92. The van der Waals surface area contributed by atoms with Gasteiger partial charge in [0.2, 0.25) is 0 Å². The predicted octanol–water partition coefficient (Wildman–Crippen LogP) is 1.15. The minimum Gasteiger partial charge on any atom is -0.258 e. The highest BCUT2D eigenvalue weighted by atomic mass is 32.2. The van der Waals surface area contributed by atoms with Gasteiger partial charge in [-0.25, -0.2) is 8.42 Å². The van der Waals surface area contributed by atoms with Gasteiger partial charge in [-0.3, -0.25) is 10.1 Å². The van der Waals surface area contributed by atoms with Gasteiger partial charge in [0.1, 0.15) is 5.75 Å². The normalized spacial score (nSPS) is 11.2. The quantitative estimate of drug-likeness (QED) is 0.558. The standard InChI is InChI=1S/C8H8NO4S/c1-14(12,13)6-7-4-2-3-5-8(7)9(10)11/h2-6H,1H3. The van der Waals surface area contributed by atoms with Gasteiger partial charge in [-0.1, -0.05) is 18.2 Å². The van der Waals surface area contributed by atoms with Gasteiger partial charge in [-0.2, -0.15) is 0 Å². The summed E-state index contributed by atoms with van der Waals surface area (Å²) >= 11 is 0. The topological polar surface area (TPSA) is 77.3 Å². The number of benzene rings is 1. The van der Waals surface area contributed by atoms with Gasteiger partial charge in [0.25, 0.3) is 5.69 Å². The van der Waals surface area contributed by atoms with Crippen LogP contribution in [-0.2, 0) is 9.84 Å². The number of para-hydroxylation sites is 1. The Labute approximate surface area is 81.4 Å². The molecule has 1 aromatic carbocycles. The molecule has 0 aromatic heterocycles. The fourth-order valence-corrected chi connectivity index (χ4v) is 1.64. The summed E-state index contributed by atoms with van der Waals surface area (Å²) in [5, 5.41) is 10.5. The minimum absolute atomic E-state index is 0.0972. The lowest BCUT2D eigenvalue weighted by atomic mass is 10.2. The molecule has 0 aliphatic rings. The van der Waals surface area contributed by atoms with Crippen molar-refractivity contribution in [1.82, 2.24) is 0 Å². The Morgan fingerprint density at radius 2 is 1.93 bits per heavy atom. The number of hydrogen-bond acceptors (Lipinski definition) is 4. The maximum atomic E-state index is 10.9. The second kappa shape index (κ2) is 3.75. The van der Waals surface area contributed by atoms with Crippen LogP contribution in [0.15, 0.2) is 24.3 Å². The third-order valence-electron chi connectivity index (χ3n) is 1.47. The van der Waals surface area contributed by atoms with Gasteiger partial charge in [0.05, 0.1) is 4.92 Å². The zero-order chi connectivity index (χ0) is 10.8. The summed E-state index contributed by atoms with van der Waals surface area (Å²) in [6, 6.07) is 5.68. The van der Waals surface area contributed by atoms with Crippen LogP contribution in [0.25, 0.3) is 0 Å². The molecule has 14 heavy (non-hydrogen) atoms. The van der Waals surface area contributed by atoms with Gasteiger partial charge >= 0.3 is 0 Å². The molecule has 0 amide bonds. The van der Waals surface area contributed by atoms with Crippen molar-refractivity contribution in [2.24, 2.45) is 0 Å². The Kier molecular flexibility index (Phi) is 2.85. The smallest absolute Gasteiger partial charge is 0.258 e. The molecule has 0 atom stereocenters. The summed E-state index contributed by atoms with van der Waals surface area (Å²) in [6.45, 7) is 0. The largest absolute Gasteiger partial charge is 0.273 e. The Morgan fingerprint density at radius 1 is 1.36 bits per heavy atom. The summed E-state index contributed by atoms with van der Waals surface area (Å²) < 4.78 is 21.8. The third kappa shape index (κ3) is 2.81. The second-order valence-electron chi connectivity index (χ2n) is 2.76. The van der Waals surface area contributed by atoms with Crippen LogP contribution in [0.1, 0.15) is 5.56 Å². The van der Waals surface area contributed by atoms with Crippen molar-refractivity contribution >= 4 is 15.5 Å². The summed E-state index contributed by atoms with van der Waals surface area (Å²) in [6.07, 6.45) is 0.990. The Morgan fingerprint density at radius 3 is 2.43 bits per heavy atom. The molecule has 0 N–H and O–H groups in total. The summed E-state index contributed by atoms with van der Waals surface area (Å²) in [5.41, 5.74) is -0.113. The lowest BCUT2D eigenvalue weighted by Gasteiger charge is -1.99. The van der Waals surface area contributed by atoms with Crippen molar-refractivity contribution in [3.63, 3.8) is 0 Å². The molecular weight excluding hydrogens is 206 g/mol. The highest BCUT2D eigenvalue weighted by Crippen LogP contribution is 2.20. The summed E-state index contributed by atoms with van der Waals surface area (Å²) in [5.74, 6) is 0.880. The van der Waals surface area contributed by atoms with Crippen LogP contribution in [0.3, 0.4) is 0 Å². The first-order chi connectivity index (χ1) is 6.40. The zero-order valence-electron chi connectivity index (χ0n) is 7.38. The average molecular weight is 214 g/mol. The van der Waals surface area contributed by atoms with Gasteiger partial charge in [0, 0.05) is 17.9 Å². The lowest BCUT2D eigenvalue weighted by molar-refractivity contribution is -0.385. The van der Waals surface area contributed by atoms with Crippen molar-refractivity contribution in [2.75, 3.05) is 6.26 Å². The second-order valence-corrected chi connectivity index (χ2v) is 4.66. The molecule has 75 valence electrons. The molecule has 0 fully saturated rings. The number of nitro groups is 1. The van der Waals surface area contributed by atoms with Crippen molar-refractivity contribution in [1.29, 1.82) is 0 Å². The van der Waals surface area contributed by atoms with Crippen LogP contribution < -0.4 is 0 Å². The first-order valence-electron chi connectivity index (χ1n) is 3.68. The van der Waals surface area contributed by atoms with Crippen LogP contribution in [0.2, 0.25) is 0 Å². The maximum Gasteiger partial charge on any atom is 0.273 e. The molecule has 0 saturated carbocycles. The molecule has 0 aliphatic heterocycles. The molecule has 0 heterocycles. The van der Waals surface area contributed by atoms with Crippen LogP contribution in [0.5, 0.6) is 0 Å². The van der Waals surface area contributed by atoms with Crippen LogP contribution in [0, 0.1) is 15.9 Å². The molecule has 1 aromatic rings. The number of hydrogen-bond donors (Lipinski definition) is 0. The average Bonchev–Trinajstić information content (AvgIpc) is 2.01. The van der Waals surface area contributed by atoms with E-state index in [1.54, 1.807) is 6.07 Å². The van der Waals surface area contributed by atoms with Crippen molar-refractivity contribution in [3.8, 4) is 0 Å². The molecule has 0 unspecified atom stereocenters. The van der Waals surface area contributed by atoms with E-state index in [0.717, 1.165) is 12.0 Å². The monoisotopic (exact) mass is 214 g/mol. The molecule has 1 radical (unpaired) electrons. The number of rotatable bonds is 3. The van der Waals surface area contributed by atoms with E-state index in [0.29, 0.717) is 0 Å². The van der Waals surface area contributed by atoms with Crippen LogP contribution in [0.4, 0.5) is 5.69 Å². The predicted molar refractivity (Wildman–Crippen MR) is 51.3 cm³/mol. The van der Waals surface area contributed by atoms with Gasteiger partial charge in [-0.15, -0.1) is 0 Å². The minimum atomic E-state index is -3.36. The molecule has 5 nitrogen and oxygen atoms in total. The van der Waals surface area contributed by atoms with Crippen LogP contribution >= 0.6 is 0 Å². The van der Waals surface area contributed by atoms with E-state index in [1.807, 2.05) is 0 Å². The molecule has 0 saturated heterocycles. The van der Waals surface area contributed by atoms with E-state index < -0.39 is 14.8 Å². The van der Waals surface area contributed by atoms with Crippen molar-refractivity contribution < 1.29 is 13.3 Å². The molecule has 0 spiro atoms. The fraction of sp³-hybridized carbons (Fsp3) is 0.125. The fourth-order valence-electron chi connectivity index (χ4n) is 0.984. The number of nitro benzene ring substituents is 1. The first kappa shape index (κ1) is 10.6. The Hall–Kier alpha value is -1.43. The van der Waals surface area contributed by atoms with E-state index >= 15 is 0 Å². The van der Waals surface area contributed by atoms with E-state index in [1.165, 1.54) is 18.2 Å². The number of sulfone groups is 1. The van der Waals surface area contributed by atoms with E-state index in [4.69, 9.17) is 0 Å².